The molecule has 0 saturated heterocycles. The van der Waals surface area contributed by atoms with Crippen LogP contribution in [0.4, 0.5) is 16.2 Å². The molecule has 7 nitrogen and oxygen atoms in total. The topological polar surface area (TPSA) is 91.1 Å². The summed E-state index contributed by atoms with van der Waals surface area (Å²) in [7, 11) is 0. The second-order valence-corrected chi connectivity index (χ2v) is 5.99. The van der Waals surface area contributed by atoms with Crippen molar-refractivity contribution in [3.05, 3.63) is 71.6 Å². The van der Waals surface area contributed by atoms with E-state index in [0.29, 0.717) is 23.2 Å². The van der Waals surface area contributed by atoms with Crippen LogP contribution < -0.4 is 5.32 Å². The van der Waals surface area contributed by atoms with Gasteiger partial charge in [0.1, 0.15) is 17.3 Å². The quantitative estimate of drug-likeness (QED) is 0.514. The molecule has 0 aliphatic heterocycles. The molecule has 132 valence electrons. The molecule has 0 spiro atoms. The highest BCUT2D eigenvalue weighted by Gasteiger charge is 2.19. The van der Waals surface area contributed by atoms with Gasteiger partial charge in [-0.1, -0.05) is 12.1 Å². The third kappa shape index (κ3) is 3.02. The van der Waals surface area contributed by atoms with Crippen molar-refractivity contribution in [3.8, 4) is 0 Å². The molecule has 0 radical (unpaired) electrons. The molecule has 0 fully saturated rings. The van der Waals surface area contributed by atoms with Crippen molar-refractivity contribution in [1.29, 1.82) is 0 Å². The molecule has 1 atom stereocenters. The Bertz CT molecular complexity index is 1040. The molecule has 0 bridgehead atoms. The summed E-state index contributed by atoms with van der Waals surface area (Å²) in [5.74, 6) is 0.813. The molecule has 0 saturated carbocycles. The summed E-state index contributed by atoms with van der Waals surface area (Å²) in [6, 6.07) is 11.6. The number of benzene rings is 1. The van der Waals surface area contributed by atoms with E-state index in [4.69, 9.17) is 0 Å². The summed E-state index contributed by atoms with van der Waals surface area (Å²) < 4.78 is 15.0. The van der Waals surface area contributed by atoms with Crippen molar-refractivity contribution < 1.29 is 9.50 Å². The number of rotatable bonds is 5. The van der Waals surface area contributed by atoms with Gasteiger partial charge in [-0.2, -0.15) is 10.1 Å². The van der Waals surface area contributed by atoms with E-state index in [0.717, 1.165) is 11.3 Å². The molecule has 1 unspecified atom stereocenters. The van der Waals surface area contributed by atoms with Crippen molar-refractivity contribution in [2.45, 2.75) is 12.8 Å². The summed E-state index contributed by atoms with van der Waals surface area (Å²) in [5.41, 5.74) is 2.35. The molecule has 3 aromatic heterocycles. The molecule has 4 aromatic rings. The Hall–Kier alpha value is -3.26. The predicted octanol–water partition coefficient (Wildman–Crippen LogP) is 2.77. The number of H-pyrrole nitrogens is 1. The Morgan fingerprint density at radius 1 is 1.23 bits per heavy atom. The van der Waals surface area contributed by atoms with Gasteiger partial charge in [0.2, 0.25) is 5.95 Å². The number of aromatic amines is 1. The summed E-state index contributed by atoms with van der Waals surface area (Å²) >= 11 is 0. The number of nitrogens with zero attached hydrogens (tertiary/aromatic N) is 4. The number of aliphatic hydroxyl groups excluding tert-OH is 1. The number of aliphatic hydroxyl groups is 1. The number of hydrogen-bond donors (Lipinski definition) is 3. The van der Waals surface area contributed by atoms with E-state index in [1.54, 1.807) is 16.5 Å². The van der Waals surface area contributed by atoms with Crippen LogP contribution in [0, 0.1) is 12.7 Å². The SMILES string of the molecule is Cc1cc(Nc2nc(C(CO)c3ccc(F)cc3)nc3cccn23)n[nH]1. The fourth-order valence-corrected chi connectivity index (χ4v) is 2.82. The second kappa shape index (κ2) is 6.57. The van der Waals surface area contributed by atoms with Crippen LogP contribution in [0.2, 0.25) is 0 Å². The number of anilines is 2. The third-order valence-electron chi connectivity index (χ3n) is 4.12. The van der Waals surface area contributed by atoms with Crippen LogP contribution in [0.3, 0.4) is 0 Å². The Labute approximate surface area is 148 Å². The zero-order valence-corrected chi connectivity index (χ0v) is 14.0. The van der Waals surface area contributed by atoms with Gasteiger partial charge in [0.25, 0.3) is 0 Å². The summed E-state index contributed by atoms with van der Waals surface area (Å²) in [6.07, 6.45) is 1.84. The molecule has 0 aliphatic carbocycles. The molecule has 26 heavy (non-hydrogen) atoms. The maximum absolute atomic E-state index is 13.2. The van der Waals surface area contributed by atoms with E-state index in [9.17, 15) is 9.50 Å². The highest BCUT2D eigenvalue weighted by Crippen LogP contribution is 2.24. The van der Waals surface area contributed by atoms with Crippen LogP contribution in [0.15, 0.2) is 48.7 Å². The number of hydrogen-bond acceptors (Lipinski definition) is 5. The third-order valence-corrected chi connectivity index (χ3v) is 4.12. The monoisotopic (exact) mass is 352 g/mol. The summed E-state index contributed by atoms with van der Waals surface area (Å²) in [4.78, 5) is 9.12. The zero-order valence-electron chi connectivity index (χ0n) is 14.0. The average molecular weight is 352 g/mol. The van der Waals surface area contributed by atoms with Crippen LogP contribution in [-0.4, -0.2) is 36.3 Å². The zero-order chi connectivity index (χ0) is 18.1. The minimum atomic E-state index is -0.461. The second-order valence-electron chi connectivity index (χ2n) is 5.99. The van der Waals surface area contributed by atoms with Crippen molar-refractivity contribution in [3.63, 3.8) is 0 Å². The molecule has 1 aromatic carbocycles. The van der Waals surface area contributed by atoms with Crippen LogP contribution >= 0.6 is 0 Å². The van der Waals surface area contributed by atoms with Gasteiger partial charge in [-0.25, -0.2) is 9.37 Å². The van der Waals surface area contributed by atoms with Crippen molar-refractivity contribution in [2.75, 3.05) is 11.9 Å². The average Bonchev–Trinajstić information content (AvgIpc) is 3.26. The molecule has 3 N–H and O–H groups in total. The predicted molar refractivity (Wildman–Crippen MR) is 94.9 cm³/mol. The molecule has 0 amide bonds. The van der Waals surface area contributed by atoms with E-state index in [2.05, 4.69) is 25.5 Å². The Morgan fingerprint density at radius 3 is 2.73 bits per heavy atom. The van der Waals surface area contributed by atoms with Crippen molar-refractivity contribution >= 4 is 17.4 Å². The standard InChI is InChI=1S/C18H17FN6O/c1-11-9-15(24-23-11)20-18-22-17(21-16-3-2-8-25(16)18)14(10-26)12-4-6-13(19)7-5-12/h2-9,14,26H,10H2,1H3,(H2,20,21,22,23,24). The Balaban J connectivity index is 1.78. The summed E-state index contributed by atoms with van der Waals surface area (Å²) in [5, 5.41) is 20.1. The first-order valence-corrected chi connectivity index (χ1v) is 8.14. The van der Waals surface area contributed by atoms with Crippen LogP contribution in [0.25, 0.3) is 5.65 Å². The van der Waals surface area contributed by atoms with Crippen LogP contribution in [0.1, 0.15) is 23.0 Å². The molecule has 3 heterocycles. The number of fused-ring (bicyclic) bond motifs is 1. The first-order chi connectivity index (χ1) is 12.6. The van der Waals surface area contributed by atoms with Gasteiger partial charge in [-0.05, 0) is 36.8 Å². The van der Waals surface area contributed by atoms with Crippen LogP contribution in [0.5, 0.6) is 0 Å². The number of aryl methyl sites for hydroxylation is 1. The smallest absolute Gasteiger partial charge is 0.216 e. The lowest BCUT2D eigenvalue weighted by atomic mass is 9.99. The number of aromatic nitrogens is 5. The normalized spacial score (nSPS) is 12.4. The fraction of sp³-hybridized carbons (Fsp3) is 0.167. The minimum Gasteiger partial charge on any atom is -0.395 e. The molecular formula is C18H17FN6O. The van der Waals surface area contributed by atoms with Gasteiger partial charge in [0, 0.05) is 18.0 Å². The van der Waals surface area contributed by atoms with Gasteiger partial charge in [-0.15, -0.1) is 0 Å². The lowest BCUT2D eigenvalue weighted by Gasteiger charge is -2.15. The van der Waals surface area contributed by atoms with Crippen molar-refractivity contribution in [1.82, 2.24) is 24.6 Å². The van der Waals surface area contributed by atoms with Gasteiger partial charge in [0.05, 0.1) is 12.5 Å². The Kier molecular flexibility index (Phi) is 4.10. The van der Waals surface area contributed by atoms with E-state index in [1.165, 1.54) is 12.1 Å². The molecule has 8 heteroatoms. The summed E-state index contributed by atoms with van der Waals surface area (Å²) in [6.45, 7) is 1.72. The minimum absolute atomic E-state index is 0.191. The highest BCUT2D eigenvalue weighted by molar-refractivity contribution is 5.54. The largest absolute Gasteiger partial charge is 0.395 e. The van der Waals surface area contributed by atoms with E-state index >= 15 is 0 Å². The molecular weight excluding hydrogens is 335 g/mol. The maximum atomic E-state index is 13.2. The molecule has 0 aliphatic rings. The number of nitrogens with one attached hydrogen (secondary N) is 2. The first-order valence-electron chi connectivity index (χ1n) is 8.14. The van der Waals surface area contributed by atoms with E-state index in [-0.39, 0.29) is 12.4 Å². The van der Waals surface area contributed by atoms with Gasteiger partial charge in [-0.3, -0.25) is 9.50 Å². The van der Waals surface area contributed by atoms with Crippen molar-refractivity contribution in [2.24, 2.45) is 0 Å². The van der Waals surface area contributed by atoms with E-state index in [1.807, 2.05) is 31.3 Å². The first kappa shape index (κ1) is 16.2. The highest BCUT2D eigenvalue weighted by atomic mass is 19.1. The number of halogens is 1. The van der Waals surface area contributed by atoms with Crippen LogP contribution in [-0.2, 0) is 0 Å². The molecule has 4 rings (SSSR count). The van der Waals surface area contributed by atoms with Gasteiger partial charge >= 0.3 is 0 Å². The van der Waals surface area contributed by atoms with Gasteiger partial charge in [0.15, 0.2) is 5.82 Å². The Morgan fingerprint density at radius 2 is 2.04 bits per heavy atom. The van der Waals surface area contributed by atoms with Gasteiger partial charge < -0.3 is 10.4 Å². The fourth-order valence-electron chi connectivity index (χ4n) is 2.82. The lowest BCUT2D eigenvalue weighted by molar-refractivity contribution is 0.276. The maximum Gasteiger partial charge on any atom is 0.216 e. The lowest BCUT2D eigenvalue weighted by Crippen LogP contribution is -2.14. The van der Waals surface area contributed by atoms with E-state index < -0.39 is 5.92 Å².